The summed E-state index contributed by atoms with van der Waals surface area (Å²) in [7, 11) is 0. The Labute approximate surface area is 97.8 Å². The summed E-state index contributed by atoms with van der Waals surface area (Å²) in [6.07, 6.45) is -7.54. The second-order valence-corrected chi connectivity index (χ2v) is 4.04. The van der Waals surface area contributed by atoms with Gasteiger partial charge in [-0.25, -0.2) is 0 Å². The number of aliphatic hydroxyl groups excluding tert-OH is 1. The van der Waals surface area contributed by atoms with Crippen molar-refractivity contribution in [2.24, 2.45) is 5.73 Å². The number of hydrogen-bond donors (Lipinski definition) is 3. The van der Waals surface area contributed by atoms with Gasteiger partial charge in [-0.2, -0.15) is 13.2 Å². The summed E-state index contributed by atoms with van der Waals surface area (Å²) < 4.78 is 36.8. The number of alkyl halides is 3. The summed E-state index contributed by atoms with van der Waals surface area (Å²) in [4.78, 5) is 0. The minimum atomic E-state index is -4.83. The molecule has 2 atom stereocenters. The van der Waals surface area contributed by atoms with Crippen LogP contribution in [-0.2, 0) is 0 Å². The van der Waals surface area contributed by atoms with Crippen LogP contribution < -0.4 is 5.73 Å². The predicted molar refractivity (Wildman–Crippen MR) is 54.8 cm³/mol. The molecule has 1 aromatic rings. The molecule has 0 radical (unpaired) electrons. The number of rotatable bonds is 2. The molecule has 0 amide bonds. The van der Waals surface area contributed by atoms with Crippen LogP contribution in [0.4, 0.5) is 13.2 Å². The molecule has 0 fully saturated rings. The highest BCUT2D eigenvalue weighted by Crippen LogP contribution is 2.35. The fourth-order valence-electron chi connectivity index (χ4n) is 1.17. The fourth-order valence-corrected chi connectivity index (χ4v) is 1.56. The summed E-state index contributed by atoms with van der Waals surface area (Å²) in [5, 5.41) is 18.4. The van der Waals surface area contributed by atoms with Gasteiger partial charge in [-0.3, -0.25) is 0 Å². The highest BCUT2D eigenvalue weighted by Gasteiger charge is 2.43. The quantitative estimate of drug-likeness (QED) is 0.783. The molecule has 0 aliphatic rings. The maximum absolute atomic E-state index is 12.2. The molecule has 0 saturated heterocycles. The zero-order valence-corrected chi connectivity index (χ0v) is 9.46. The maximum atomic E-state index is 12.2. The van der Waals surface area contributed by atoms with Crippen LogP contribution in [0, 0.1) is 0 Å². The summed E-state index contributed by atoms with van der Waals surface area (Å²) in [5.74, 6) is -0.404. The molecule has 4 N–H and O–H groups in total. The largest absolute Gasteiger partial charge is 0.506 e. The Balaban J connectivity index is 3.06. The average molecular weight is 300 g/mol. The van der Waals surface area contributed by atoms with E-state index in [1.54, 1.807) is 0 Å². The van der Waals surface area contributed by atoms with Crippen molar-refractivity contribution in [2.45, 2.75) is 18.3 Å². The van der Waals surface area contributed by atoms with Gasteiger partial charge in [0.1, 0.15) is 5.75 Å². The van der Waals surface area contributed by atoms with Crippen LogP contribution in [0.15, 0.2) is 22.7 Å². The topological polar surface area (TPSA) is 66.5 Å². The SMILES string of the molecule is N[C@@H](c1cccc(Br)c1O)[C@H](O)C(F)(F)F. The van der Waals surface area contributed by atoms with Gasteiger partial charge in [-0.1, -0.05) is 12.1 Å². The Morgan fingerprint density at radius 2 is 1.88 bits per heavy atom. The summed E-state index contributed by atoms with van der Waals surface area (Å²) in [5.41, 5.74) is 5.08. The van der Waals surface area contributed by atoms with Crippen LogP contribution in [0.1, 0.15) is 11.6 Å². The van der Waals surface area contributed by atoms with E-state index in [2.05, 4.69) is 15.9 Å². The number of halogens is 4. The van der Waals surface area contributed by atoms with Crippen LogP contribution in [-0.4, -0.2) is 22.5 Å². The Morgan fingerprint density at radius 1 is 1.31 bits per heavy atom. The molecule has 7 heteroatoms. The minimum Gasteiger partial charge on any atom is -0.506 e. The summed E-state index contributed by atoms with van der Waals surface area (Å²) >= 11 is 2.95. The first-order valence-corrected chi connectivity index (χ1v) is 5.02. The van der Waals surface area contributed by atoms with E-state index in [-0.39, 0.29) is 10.0 Å². The van der Waals surface area contributed by atoms with Gasteiger partial charge in [0.25, 0.3) is 0 Å². The normalized spacial score (nSPS) is 15.9. The third-order valence-electron chi connectivity index (χ3n) is 2.05. The van der Waals surface area contributed by atoms with E-state index in [1.807, 2.05) is 0 Å². The molecule has 0 aromatic heterocycles. The van der Waals surface area contributed by atoms with Crippen LogP contribution in [0.2, 0.25) is 0 Å². The van der Waals surface area contributed by atoms with Gasteiger partial charge in [-0.15, -0.1) is 0 Å². The number of aliphatic hydroxyl groups is 1. The van der Waals surface area contributed by atoms with Gasteiger partial charge in [-0.05, 0) is 22.0 Å². The molecule has 0 aliphatic heterocycles. The molecule has 0 unspecified atom stereocenters. The van der Waals surface area contributed by atoms with Crippen LogP contribution in [0.3, 0.4) is 0 Å². The molecular weight excluding hydrogens is 291 g/mol. The van der Waals surface area contributed by atoms with Crippen molar-refractivity contribution in [3.63, 3.8) is 0 Å². The van der Waals surface area contributed by atoms with E-state index in [4.69, 9.17) is 10.8 Å². The van der Waals surface area contributed by atoms with Gasteiger partial charge in [0.15, 0.2) is 6.10 Å². The standard InChI is InChI=1S/C9H9BrF3NO2/c10-5-3-1-2-4(7(5)15)6(14)8(16)9(11,12)13/h1-3,6,8,15-16H,14H2/t6-,8-/m0/s1. The van der Waals surface area contributed by atoms with Crippen molar-refractivity contribution >= 4 is 15.9 Å². The highest BCUT2D eigenvalue weighted by molar-refractivity contribution is 9.10. The highest BCUT2D eigenvalue weighted by atomic mass is 79.9. The van der Waals surface area contributed by atoms with Gasteiger partial charge >= 0.3 is 6.18 Å². The van der Waals surface area contributed by atoms with Gasteiger partial charge in [0.05, 0.1) is 10.5 Å². The summed E-state index contributed by atoms with van der Waals surface area (Å²) in [6.45, 7) is 0. The molecule has 0 aliphatic carbocycles. The van der Waals surface area contributed by atoms with Crippen molar-refractivity contribution in [3.05, 3.63) is 28.2 Å². The Hall–Kier alpha value is -0.790. The molecular formula is C9H9BrF3NO2. The fraction of sp³-hybridized carbons (Fsp3) is 0.333. The second-order valence-electron chi connectivity index (χ2n) is 3.19. The third kappa shape index (κ3) is 2.66. The van der Waals surface area contributed by atoms with E-state index < -0.39 is 24.1 Å². The molecule has 0 bridgehead atoms. The smallest absolute Gasteiger partial charge is 0.416 e. The van der Waals surface area contributed by atoms with Crippen molar-refractivity contribution in [2.75, 3.05) is 0 Å². The number of benzene rings is 1. The number of aromatic hydroxyl groups is 1. The van der Waals surface area contributed by atoms with E-state index in [0.717, 1.165) is 0 Å². The van der Waals surface area contributed by atoms with Gasteiger partial charge < -0.3 is 15.9 Å². The molecule has 90 valence electrons. The Morgan fingerprint density at radius 3 is 2.38 bits per heavy atom. The van der Waals surface area contributed by atoms with Crippen LogP contribution in [0.25, 0.3) is 0 Å². The number of hydrogen-bond acceptors (Lipinski definition) is 3. The number of phenolic OH excluding ortho intramolecular Hbond substituents is 1. The molecule has 0 heterocycles. The molecule has 0 saturated carbocycles. The summed E-state index contributed by atoms with van der Waals surface area (Å²) in [6, 6.07) is 2.37. The van der Waals surface area contributed by atoms with Crippen molar-refractivity contribution in [1.29, 1.82) is 0 Å². The predicted octanol–water partition coefficient (Wildman–Crippen LogP) is 2.08. The molecule has 3 nitrogen and oxygen atoms in total. The second kappa shape index (κ2) is 4.60. The third-order valence-corrected chi connectivity index (χ3v) is 2.69. The van der Waals surface area contributed by atoms with Crippen molar-refractivity contribution < 1.29 is 23.4 Å². The van der Waals surface area contributed by atoms with E-state index in [1.165, 1.54) is 18.2 Å². The Kier molecular flexibility index (Phi) is 3.82. The lowest BCUT2D eigenvalue weighted by Crippen LogP contribution is -2.38. The van der Waals surface area contributed by atoms with E-state index in [9.17, 15) is 18.3 Å². The number of nitrogens with two attached hydrogens (primary N) is 1. The number of phenols is 1. The van der Waals surface area contributed by atoms with Crippen LogP contribution in [0.5, 0.6) is 5.75 Å². The van der Waals surface area contributed by atoms with Gasteiger partial charge in [0, 0.05) is 5.56 Å². The van der Waals surface area contributed by atoms with E-state index >= 15 is 0 Å². The van der Waals surface area contributed by atoms with Gasteiger partial charge in [0.2, 0.25) is 0 Å². The lowest BCUT2D eigenvalue weighted by Gasteiger charge is -2.22. The molecule has 1 rings (SSSR count). The molecule has 1 aromatic carbocycles. The Bertz CT molecular complexity index is 384. The zero-order chi connectivity index (χ0) is 12.5. The zero-order valence-electron chi connectivity index (χ0n) is 7.87. The maximum Gasteiger partial charge on any atom is 0.416 e. The van der Waals surface area contributed by atoms with Crippen LogP contribution >= 0.6 is 15.9 Å². The first-order chi connectivity index (χ1) is 7.25. The minimum absolute atomic E-state index is 0.167. The first-order valence-electron chi connectivity index (χ1n) is 4.23. The lowest BCUT2D eigenvalue weighted by molar-refractivity contribution is -0.210. The monoisotopic (exact) mass is 299 g/mol. The number of para-hydroxylation sites is 1. The van der Waals surface area contributed by atoms with Crippen molar-refractivity contribution in [1.82, 2.24) is 0 Å². The molecule has 0 spiro atoms. The first kappa shape index (κ1) is 13.3. The lowest BCUT2D eigenvalue weighted by atomic mass is 10.0. The van der Waals surface area contributed by atoms with Crippen molar-refractivity contribution in [3.8, 4) is 5.75 Å². The van der Waals surface area contributed by atoms with E-state index in [0.29, 0.717) is 0 Å². The molecule has 16 heavy (non-hydrogen) atoms. The average Bonchev–Trinajstić information content (AvgIpc) is 2.18.